The third kappa shape index (κ3) is 3.18. The van der Waals surface area contributed by atoms with Gasteiger partial charge >= 0.3 is 0 Å². The fraction of sp³-hybridized carbons (Fsp3) is 0.400. The molecule has 22 heavy (non-hydrogen) atoms. The van der Waals surface area contributed by atoms with Crippen molar-refractivity contribution in [2.75, 3.05) is 13.1 Å². The lowest BCUT2D eigenvalue weighted by Gasteiger charge is -2.21. The third-order valence-electron chi connectivity index (χ3n) is 4.07. The molecule has 2 aromatic rings. The van der Waals surface area contributed by atoms with Gasteiger partial charge in [-0.3, -0.25) is 4.79 Å². The Morgan fingerprint density at radius 3 is 2.86 bits per heavy atom. The summed E-state index contributed by atoms with van der Waals surface area (Å²) in [6, 6.07) is 4.04. The molecule has 3 heterocycles. The molecule has 0 aliphatic carbocycles. The zero-order valence-corrected chi connectivity index (χ0v) is 14.6. The van der Waals surface area contributed by atoms with Gasteiger partial charge in [0.15, 0.2) is 0 Å². The molecule has 120 valence electrons. The van der Waals surface area contributed by atoms with Crippen LogP contribution < -0.4 is 5.73 Å². The highest BCUT2D eigenvalue weighted by molar-refractivity contribution is 7.19. The number of H-pyrrole nitrogens is 1. The summed E-state index contributed by atoms with van der Waals surface area (Å²) in [5, 5.41) is 0. The second-order valence-electron chi connectivity index (χ2n) is 5.53. The number of amides is 1. The van der Waals surface area contributed by atoms with Crippen LogP contribution in [0, 0.1) is 5.92 Å². The number of likely N-dealkylation sites (tertiary alicyclic amines) is 1. The van der Waals surface area contributed by atoms with Crippen LogP contribution in [-0.2, 0) is 0 Å². The molecule has 0 spiro atoms. The summed E-state index contributed by atoms with van der Waals surface area (Å²) in [6.45, 7) is 3.46. The summed E-state index contributed by atoms with van der Waals surface area (Å²) in [6.07, 6.45) is 4.61. The number of hydrogen-bond acceptors (Lipinski definition) is 3. The molecule has 0 bridgehead atoms. The Labute approximate surface area is 145 Å². The first-order valence-corrected chi connectivity index (χ1v) is 8.23. The largest absolute Gasteiger partial charge is 0.366 e. The predicted octanol–water partition coefficient (Wildman–Crippen LogP) is 3.63. The second kappa shape index (κ2) is 7.04. The van der Waals surface area contributed by atoms with E-state index in [1.54, 1.807) is 6.20 Å². The zero-order valence-electron chi connectivity index (χ0n) is 12.2. The van der Waals surface area contributed by atoms with Crippen molar-refractivity contribution >= 4 is 41.3 Å². The second-order valence-corrected chi connectivity index (χ2v) is 7.25. The molecule has 3 N–H and O–H groups in total. The van der Waals surface area contributed by atoms with E-state index in [-0.39, 0.29) is 24.4 Å². The Hall–Kier alpha value is -1.01. The molecule has 1 saturated heterocycles. The van der Waals surface area contributed by atoms with Crippen LogP contribution >= 0.6 is 35.3 Å². The smallest absolute Gasteiger partial charge is 0.256 e. The van der Waals surface area contributed by atoms with E-state index in [0.29, 0.717) is 18.0 Å². The first-order valence-electron chi connectivity index (χ1n) is 7.03. The molecule has 1 fully saturated rings. The Kier molecular flexibility index (Phi) is 5.55. The van der Waals surface area contributed by atoms with Crippen molar-refractivity contribution in [1.29, 1.82) is 0 Å². The summed E-state index contributed by atoms with van der Waals surface area (Å²) in [5.74, 6) is 0.474. The number of thiophene rings is 1. The molecule has 0 saturated carbocycles. The summed E-state index contributed by atoms with van der Waals surface area (Å²) in [5.41, 5.74) is 7.37. The van der Waals surface area contributed by atoms with Crippen molar-refractivity contribution in [3.05, 3.63) is 34.4 Å². The minimum atomic E-state index is 0. The van der Waals surface area contributed by atoms with Crippen LogP contribution in [0.4, 0.5) is 0 Å². The number of rotatable bonds is 3. The molecule has 1 amide bonds. The van der Waals surface area contributed by atoms with E-state index in [0.717, 1.165) is 27.7 Å². The first-order chi connectivity index (χ1) is 10.1. The lowest BCUT2D eigenvalue weighted by molar-refractivity contribution is 0.0744. The number of nitrogens with one attached hydrogen (secondary N) is 1. The number of aromatic amines is 1. The minimum absolute atomic E-state index is 0. The molecule has 2 unspecified atom stereocenters. The van der Waals surface area contributed by atoms with E-state index in [4.69, 9.17) is 17.3 Å². The summed E-state index contributed by atoms with van der Waals surface area (Å²) < 4.78 is 0.724. The number of carbonyl (C=O) groups is 1. The SMILES string of the molecule is CC1CC(CN)CN1C(=O)c1c[nH]cc1-c1ccc(Cl)s1.Cl. The van der Waals surface area contributed by atoms with Gasteiger partial charge in [0.25, 0.3) is 5.91 Å². The molecular weight excluding hydrogens is 341 g/mol. The monoisotopic (exact) mass is 359 g/mol. The quantitative estimate of drug-likeness (QED) is 0.878. The summed E-state index contributed by atoms with van der Waals surface area (Å²) in [4.78, 5) is 18.8. The third-order valence-corrected chi connectivity index (χ3v) is 5.33. The fourth-order valence-corrected chi connectivity index (χ4v) is 4.03. The Morgan fingerprint density at radius 2 is 2.27 bits per heavy atom. The summed E-state index contributed by atoms with van der Waals surface area (Å²) in [7, 11) is 0. The van der Waals surface area contributed by atoms with Gasteiger partial charge in [0.1, 0.15) is 0 Å². The van der Waals surface area contributed by atoms with Gasteiger partial charge in [0.05, 0.1) is 9.90 Å². The number of aromatic nitrogens is 1. The number of nitrogens with two attached hydrogens (primary N) is 1. The molecule has 2 atom stereocenters. The van der Waals surface area contributed by atoms with E-state index < -0.39 is 0 Å². The summed E-state index contributed by atoms with van der Waals surface area (Å²) >= 11 is 7.48. The van der Waals surface area contributed by atoms with Crippen LogP contribution in [0.25, 0.3) is 10.4 Å². The van der Waals surface area contributed by atoms with Crippen LogP contribution in [0.3, 0.4) is 0 Å². The normalized spacial score (nSPS) is 21.0. The van der Waals surface area contributed by atoms with Crippen molar-refractivity contribution in [2.45, 2.75) is 19.4 Å². The zero-order chi connectivity index (χ0) is 15.0. The molecule has 0 radical (unpaired) electrons. The van der Waals surface area contributed by atoms with Crippen LogP contribution in [0.1, 0.15) is 23.7 Å². The highest BCUT2D eigenvalue weighted by atomic mass is 35.5. The minimum Gasteiger partial charge on any atom is -0.366 e. The van der Waals surface area contributed by atoms with Crippen molar-refractivity contribution in [3.63, 3.8) is 0 Å². The molecule has 1 aliphatic heterocycles. The van der Waals surface area contributed by atoms with Gasteiger partial charge in [-0.2, -0.15) is 0 Å². The van der Waals surface area contributed by atoms with Crippen LogP contribution in [0.5, 0.6) is 0 Å². The lowest BCUT2D eigenvalue weighted by Crippen LogP contribution is -2.34. The molecule has 3 rings (SSSR count). The van der Waals surface area contributed by atoms with Crippen LogP contribution in [-0.4, -0.2) is 34.9 Å². The first kappa shape index (κ1) is 17.3. The topological polar surface area (TPSA) is 62.1 Å². The van der Waals surface area contributed by atoms with Gasteiger partial charge in [-0.05, 0) is 37.9 Å². The van der Waals surface area contributed by atoms with Crippen molar-refractivity contribution < 1.29 is 4.79 Å². The Morgan fingerprint density at radius 1 is 1.50 bits per heavy atom. The molecular formula is C15H19Cl2N3OS. The maximum Gasteiger partial charge on any atom is 0.256 e. The van der Waals surface area contributed by atoms with Gasteiger partial charge in [0.2, 0.25) is 0 Å². The lowest BCUT2D eigenvalue weighted by atomic mass is 10.1. The molecule has 2 aromatic heterocycles. The molecule has 0 aromatic carbocycles. The van der Waals surface area contributed by atoms with E-state index in [9.17, 15) is 4.79 Å². The molecule has 1 aliphatic rings. The number of hydrogen-bond donors (Lipinski definition) is 2. The van der Waals surface area contributed by atoms with Crippen molar-refractivity contribution in [3.8, 4) is 10.4 Å². The van der Waals surface area contributed by atoms with Crippen molar-refractivity contribution in [2.24, 2.45) is 11.7 Å². The predicted molar refractivity (Wildman–Crippen MR) is 94.0 cm³/mol. The van der Waals surface area contributed by atoms with Gasteiger partial charge in [-0.15, -0.1) is 23.7 Å². The maximum absolute atomic E-state index is 12.8. The number of halogens is 2. The highest BCUT2D eigenvalue weighted by Crippen LogP contribution is 2.34. The van der Waals surface area contributed by atoms with Crippen LogP contribution in [0.2, 0.25) is 4.34 Å². The standard InChI is InChI=1S/C15H18ClN3OS.ClH/c1-9-4-10(5-17)8-19(9)15(20)12-7-18-6-11(12)13-2-3-14(16)21-13;/h2-3,6-7,9-10,18H,4-5,8,17H2,1H3;1H. The molecule has 7 heteroatoms. The van der Waals surface area contributed by atoms with Gasteiger partial charge in [-0.1, -0.05) is 11.6 Å². The van der Waals surface area contributed by atoms with Crippen LogP contribution in [0.15, 0.2) is 24.5 Å². The molecule has 4 nitrogen and oxygen atoms in total. The average molecular weight is 360 g/mol. The van der Waals surface area contributed by atoms with Gasteiger partial charge < -0.3 is 15.6 Å². The van der Waals surface area contributed by atoms with E-state index in [2.05, 4.69) is 11.9 Å². The average Bonchev–Trinajstić information content (AvgIpc) is 3.16. The fourth-order valence-electron chi connectivity index (χ4n) is 2.95. The van der Waals surface area contributed by atoms with E-state index in [1.807, 2.05) is 23.2 Å². The van der Waals surface area contributed by atoms with Gasteiger partial charge in [0, 0.05) is 35.4 Å². The Bertz CT molecular complexity index is 655. The van der Waals surface area contributed by atoms with E-state index >= 15 is 0 Å². The number of carbonyl (C=O) groups excluding carboxylic acids is 1. The highest BCUT2D eigenvalue weighted by Gasteiger charge is 2.33. The number of nitrogens with zero attached hydrogens (tertiary/aromatic N) is 1. The Balaban J connectivity index is 0.00000176. The van der Waals surface area contributed by atoms with Gasteiger partial charge in [-0.25, -0.2) is 0 Å². The maximum atomic E-state index is 12.8. The van der Waals surface area contributed by atoms with Crippen molar-refractivity contribution in [1.82, 2.24) is 9.88 Å². The van der Waals surface area contributed by atoms with E-state index in [1.165, 1.54) is 11.3 Å².